The van der Waals surface area contributed by atoms with Gasteiger partial charge in [-0.05, 0) is 25.1 Å². The Balaban J connectivity index is 2.87. The van der Waals surface area contributed by atoms with Crippen molar-refractivity contribution in [2.24, 2.45) is 0 Å². The number of hydrogen-bond donors (Lipinski definition) is 2. The van der Waals surface area contributed by atoms with Crippen LogP contribution in [-0.2, 0) is 9.53 Å². The van der Waals surface area contributed by atoms with Crippen molar-refractivity contribution in [2.45, 2.75) is 13.0 Å². The van der Waals surface area contributed by atoms with E-state index in [0.29, 0.717) is 11.4 Å². The molecule has 0 aromatic heterocycles. The Kier molecular flexibility index (Phi) is 4.53. The molecule has 6 heteroatoms. The number of nitrogens with one attached hydrogen (secondary N) is 1. The van der Waals surface area contributed by atoms with E-state index >= 15 is 0 Å². The van der Waals surface area contributed by atoms with Crippen molar-refractivity contribution in [1.82, 2.24) is 5.32 Å². The zero-order chi connectivity index (χ0) is 13.7. The van der Waals surface area contributed by atoms with Gasteiger partial charge in [-0.2, -0.15) is 0 Å². The molecule has 1 rings (SSSR count). The van der Waals surface area contributed by atoms with Crippen LogP contribution in [0.15, 0.2) is 18.2 Å². The second-order valence-electron chi connectivity index (χ2n) is 3.67. The molecule has 0 heterocycles. The summed E-state index contributed by atoms with van der Waals surface area (Å²) in [6.07, 6.45) is 0. The van der Waals surface area contributed by atoms with Crippen LogP contribution in [0.25, 0.3) is 0 Å². The van der Waals surface area contributed by atoms with E-state index < -0.39 is 17.9 Å². The van der Waals surface area contributed by atoms with Gasteiger partial charge >= 0.3 is 5.97 Å². The SMILES string of the molecule is COC(=O)[C@H](C)NC(=O)c1cc(OC)ccc1N. The summed E-state index contributed by atoms with van der Waals surface area (Å²) >= 11 is 0. The summed E-state index contributed by atoms with van der Waals surface area (Å²) in [4.78, 5) is 23.1. The second kappa shape index (κ2) is 5.90. The molecule has 6 nitrogen and oxygen atoms in total. The summed E-state index contributed by atoms with van der Waals surface area (Å²) in [5, 5.41) is 2.49. The summed E-state index contributed by atoms with van der Waals surface area (Å²) in [6.45, 7) is 1.53. The first-order valence-electron chi connectivity index (χ1n) is 5.31. The van der Waals surface area contributed by atoms with Crippen LogP contribution in [0.2, 0.25) is 0 Å². The third-order valence-electron chi connectivity index (χ3n) is 2.41. The Morgan fingerprint density at radius 1 is 1.33 bits per heavy atom. The van der Waals surface area contributed by atoms with Crippen molar-refractivity contribution in [3.63, 3.8) is 0 Å². The number of anilines is 1. The third-order valence-corrected chi connectivity index (χ3v) is 2.41. The Hall–Kier alpha value is -2.24. The van der Waals surface area contributed by atoms with Gasteiger partial charge in [0, 0.05) is 5.69 Å². The quantitative estimate of drug-likeness (QED) is 0.604. The molecule has 0 aliphatic carbocycles. The monoisotopic (exact) mass is 252 g/mol. The van der Waals surface area contributed by atoms with Crippen molar-refractivity contribution >= 4 is 17.6 Å². The number of benzene rings is 1. The molecule has 0 radical (unpaired) electrons. The van der Waals surface area contributed by atoms with Gasteiger partial charge in [-0.1, -0.05) is 0 Å². The zero-order valence-corrected chi connectivity index (χ0v) is 10.5. The van der Waals surface area contributed by atoms with Gasteiger partial charge in [-0.25, -0.2) is 4.79 Å². The van der Waals surface area contributed by atoms with Crippen LogP contribution in [0.5, 0.6) is 5.75 Å². The molecular formula is C12H16N2O4. The number of rotatable bonds is 4. The van der Waals surface area contributed by atoms with Crippen molar-refractivity contribution in [3.8, 4) is 5.75 Å². The fourth-order valence-corrected chi connectivity index (χ4v) is 1.37. The number of carbonyl (C=O) groups excluding carboxylic acids is 2. The average Bonchev–Trinajstić information content (AvgIpc) is 2.38. The zero-order valence-electron chi connectivity index (χ0n) is 10.5. The molecule has 0 unspecified atom stereocenters. The smallest absolute Gasteiger partial charge is 0.328 e. The Morgan fingerprint density at radius 2 is 2.00 bits per heavy atom. The molecule has 0 aliphatic rings. The minimum absolute atomic E-state index is 0.255. The number of amides is 1. The molecule has 98 valence electrons. The van der Waals surface area contributed by atoms with Gasteiger partial charge in [0.2, 0.25) is 0 Å². The highest BCUT2D eigenvalue weighted by Gasteiger charge is 2.18. The molecule has 0 bridgehead atoms. The number of ether oxygens (including phenoxy) is 2. The van der Waals surface area contributed by atoms with E-state index in [0.717, 1.165) is 0 Å². The lowest BCUT2D eigenvalue weighted by Gasteiger charge is -2.13. The van der Waals surface area contributed by atoms with E-state index in [1.807, 2.05) is 0 Å². The molecule has 0 aliphatic heterocycles. The maximum atomic E-state index is 11.9. The molecule has 0 saturated carbocycles. The summed E-state index contributed by atoms with van der Waals surface area (Å²) in [7, 11) is 2.75. The van der Waals surface area contributed by atoms with Crippen LogP contribution in [-0.4, -0.2) is 32.1 Å². The van der Waals surface area contributed by atoms with Crippen LogP contribution >= 0.6 is 0 Å². The molecule has 1 aromatic carbocycles. The largest absolute Gasteiger partial charge is 0.497 e. The Labute approximate surface area is 105 Å². The minimum Gasteiger partial charge on any atom is -0.497 e. The summed E-state index contributed by atoms with van der Waals surface area (Å²) in [5.41, 5.74) is 6.26. The topological polar surface area (TPSA) is 90.6 Å². The van der Waals surface area contributed by atoms with Crippen LogP contribution in [0.4, 0.5) is 5.69 Å². The number of nitrogens with two attached hydrogens (primary N) is 1. The van der Waals surface area contributed by atoms with Gasteiger partial charge in [-0.3, -0.25) is 4.79 Å². The highest BCUT2D eigenvalue weighted by molar-refractivity contribution is 6.01. The first-order valence-corrected chi connectivity index (χ1v) is 5.31. The third kappa shape index (κ3) is 3.13. The van der Waals surface area contributed by atoms with E-state index in [9.17, 15) is 9.59 Å². The van der Waals surface area contributed by atoms with E-state index in [2.05, 4.69) is 10.1 Å². The summed E-state index contributed by atoms with van der Waals surface area (Å²) in [5.74, 6) is -0.464. The predicted octanol–water partition coefficient (Wildman–Crippen LogP) is 0.569. The number of carbonyl (C=O) groups is 2. The van der Waals surface area contributed by atoms with E-state index in [1.54, 1.807) is 12.1 Å². The molecule has 0 spiro atoms. The molecule has 18 heavy (non-hydrogen) atoms. The minimum atomic E-state index is -0.742. The molecule has 1 amide bonds. The first kappa shape index (κ1) is 13.8. The van der Waals surface area contributed by atoms with Crippen LogP contribution < -0.4 is 15.8 Å². The lowest BCUT2D eigenvalue weighted by molar-refractivity contribution is -0.142. The van der Waals surface area contributed by atoms with Gasteiger partial charge in [-0.15, -0.1) is 0 Å². The average molecular weight is 252 g/mol. The molecule has 0 fully saturated rings. The highest BCUT2D eigenvalue weighted by atomic mass is 16.5. The summed E-state index contributed by atoms with van der Waals surface area (Å²) in [6, 6.07) is 3.98. The van der Waals surface area contributed by atoms with Crippen LogP contribution in [0.3, 0.4) is 0 Å². The van der Waals surface area contributed by atoms with E-state index in [-0.39, 0.29) is 5.56 Å². The van der Waals surface area contributed by atoms with Gasteiger partial charge in [0.1, 0.15) is 11.8 Å². The normalized spacial score (nSPS) is 11.5. The maximum Gasteiger partial charge on any atom is 0.328 e. The number of methoxy groups -OCH3 is 2. The number of esters is 1. The van der Waals surface area contributed by atoms with E-state index in [1.165, 1.54) is 27.2 Å². The van der Waals surface area contributed by atoms with Gasteiger partial charge in [0.05, 0.1) is 19.8 Å². The second-order valence-corrected chi connectivity index (χ2v) is 3.67. The molecule has 1 atom stereocenters. The van der Waals surface area contributed by atoms with Gasteiger partial charge in [0.25, 0.3) is 5.91 Å². The van der Waals surface area contributed by atoms with Crippen molar-refractivity contribution in [1.29, 1.82) is 0 Å². The molecule has 1 aromatic rings. The lowest BCUT2D eigenvalue weighted by Crippen LogP contribution is -2.39. The van der Waals surface area contributed by atoms with Gasteiger partial charge in [0.15, 0.2) is 0 Å². The van der Waals surface area contributed by atoms with Crippen LogP contribution in [0, 0.1) is 0 Å². The fourth-order valence-electron chi connectivity index (χ4n) is 1.37. The fraction of sp³-hybridized carbons (Fsp3) is 0.333. The first-order chi connectivity index (χ1) is 8.49. The van der Waals surface area contributed by atoms with E-state index in [4.69, 9.17) is 10.5 Å². The van der Waals surface area contributed by atoms with Crippen molar-refractivity contribution in [2.75, 3.05) is 20.0 Å². The molecular weight excluding hydrogens is 236 g/mol. The lowest BCUT2D eigenvalue weighted by atomic mass is 10.1. The number of nitrogen functional groups attached to an aromatic ring is 1. The van der Waals surface area contributed by atoms with Crippen molar-refractivity contribution in [3.05, 3.63) is 23.8 Å². The standard InChI is InChI=1S/C12H16N2O4/c1-7(12(16)18-3)14-11(15)9-6-8(17-2)4-5-10(9)13/h4-7H,13H2,1-3H3,(H,14,15)/t7-/m0/s1. The predicted molar refractivity (Wildman–Crippen MR) is 66.4 cm³/mol. The molecule has 3 N–H and O–H groups in total. The summed E-state index contributed by atoms with van der Waals surface area (Å²) < 4.78 is 9.52. The molecule has 0 saturated heterocycles. The maximum absolute atomic E-state index is 11.9. The Morgan fingerprint density at radius 3 is 2.56 bits per heavy atom. The Bertz CT molecular complexity index is 459. The number of hydrogen-bond acceptors (Lipinski definition) is 5. The van der Waals surface area contributed by atoms with Crippen molar-refractivity contribution < 1.29 is 19.1 Å². The van der Waals surface area contributed by atoms with Gasteiger partial charge < -0.3 is 20.5 Å². The van der Waals surface area contributed by atoms with Crippen LogP contribution in [0.1, 0.15) is 17.3 Å². The highest BCUT2D eigenvalue weighted by Crippen LogP contribution is 2.19.